The van der Waals surface area contributed by atoms with Crippen LogP contribution < -0.4 is 10.1 Å². The predicted octanol–water partition coefficient (Wildman–Crippen LogP) is 3.94. The molecule has 0 spiro atoms. The summed E-state index contributed by atoms with van der Waals surface area (Å²) in [5, 5.41) is 7.76. The molecule has 4 rings (SSSR count). The molecule has 1 aliphatic heterocycles. The first-order valence-corrected chi connectivity index (χ1v) is 10.9. The number of rotatable bonds is 6. The Labute approximate surface area is 196 Å². The van der Waals surface area contributed by atoms with E-state index in [1.165, 1.54) is 11.0 Å². The molecule has 0 saturated heterocycles. The van der Waals surface area contributed by atoms with Crippen molar-refractivity contribution in [3.63, 3.8) is 0 Å². The third-order valence-corrected chi connectivity index (χ3v) is 5.54. The van der Waals surface area contributed by atoms with Gasteiger partial charge in [-0.05, 0) is 38.1 Å². The zero-order chi connectivity index (χ0) is 23.7. The SMILES string of the molecule is CC(C)NC(=O)CN(Cc1ccccc1F)C(=O)c1nn(C)c2c1COc1ccc(Cl)cc1-2. The second-order valence-electron chi connectivity index (χ2n) is 8.20. The Balaban J connectivity index is 1.71. The van der Waals surface area contributed by atoms with Crippen LogP contribution in [0.3, 0.4) is 0 Å². The van der Waals surface area contributed by atoms with Gasteiger partial charge in [0.1, 0.15) is 24.7 Å². The lowest BCUT2D eigenvalue weighted by molar-refractivity contribution is -0.122. The summed E-state index contributed by atoms with van der Waals surface area (Å²) in [5.41, 5.74) is 2.52. The van der Waals surface area contributed by atoms with Crippen LogP contribution in [0, 0.1) is 5.82 Å². The van der Waals surface area contributed by atoms with Gasteiger partial charge in [0.25, 0.3) is 5.91 Å². The van der Waals surface area contributed by atoms with Crippen molar-refractivity contribution in [2.75, 3.05) is 6.54 Å². The number of carbonyl (C=O) groups excluding carboxylic acids is 2. The number of amides is 2. The van der Waals surface area contributed by atoms with Gasteiger partial charge in [0.05, 0.1) is 5.69 Å². The number of nitrogens with one attached hydrogen (secondary N) is 1. The minimum atomic E-state index is -0.483. The topological polar surface area (TPSA) is 76.5 Å². The highest BCUT2D eigenvalue weighted by atomic mass is 35.5. The fourth-order valence-corrected chi connectivity index (χ4v) is 4.07. The van der Waals surface area contributed by atoms with Gasteiger partial charge in [-0.25, -0.2) is 4.39 Å². The first-order chi connectivity index (χ1) is 15.7. The number of hydrogen-bond acceptors (Lipinski definition) is 4. The van der Waals surface area contributed by atoms with E-state index in [9.17, 15) is 14.0 Å². The average Bonchev–Trinajstić information content (AvgIpc) is 3.10. The summed E-state index contributed by atoms with van der Waals surface area (Å²) in [6, 6.07) is 11.3. The summed E-state index contributed by atoms with van der Waals surface area (Å²) in [6.07, 6.45) is 0. The molecule has 1 aromatic heterocycles. The van der Waals surface area contributed by atoms with Gasteiger partial charge in [0.2, 0.25) is 5.91 Å². The van der Waals surface area contributed by atoms with Gasteiger partial charge in [-0.15, -0.1) is 0 Å². The van der Waals surface area contributed by atoms with E-state index in [2.05, 4.69) is 10.4 Å². The van der Waals surface area contributed by atoms with Crippen molar-refractivity contribution < 1.29 is 18.7 Å². The Kier molecular flexibility index (Phi) is 6.37. The van der Waals surface area contributed by atoms with E-state index >= 15 is 0 Å². The number of halogens is 2. The zero-order valence-corrected chi connectivity index (χ0v) is 19.3. The van der Waals surface area contributed by atoms with Crippen molar-refractivity contribution in [2.24, 2.45) is 7.05 Å². The number of ether oxygens (including phenoxy) is 1. The third-order valence-electron chi connectivity index (χ3n) is 5.31. The zero-order valence-electron chi connectivity index (χ0n) is 18.6. The van der Waals surface area contributed by atoms with E-state index < -0.39 is 11.7 Å². The molecule has 2 amide bonds. The molecule has 0 radical (unpaired) electrons. The van der Waals surface area contributed by atoms with E-state index in [1.807, 2.05) is 13.8 Å². The Bertz CT molecular complexity index is 1220. The molecule has 0 aliphatic carbocycles. The summed E-state index contributed by atoms with van der Waals surface area (Å²) < 4.78 is 21.8. The molecule has 0 bridgehead atoms. The van der Waals surface area contributed by atoms with Crippen molar-refractivity contribution in [3.8, 4) is 17.0 Å². The number of fused-ring (bicyclic) bond motifs is 3. The summed E-state index contributed by atoms with van der Waals surface area (Å²) in [4.78, 5) is 27.4. The number of aromatic nitrogens is 2. The summed E-state index contributed by atoms with van der Waals surface area (Å²) >= 11 is 6.18. The summed E-state index contributed by atoms with van der Waals surface area (Å²) in [6.45, 7) is 3.49. The standard InChI is InChI=1S/C24H24ClFN4O3/c1-14(2)27-21(31)12-30(11-15-6-4-5-7-19(15)26)24(32)22-18-13-33-20-9-8-16(25)10-17(20)23(18)29(3)28-22/h4-10,14H,11-13H2,1-3H3,(H,27,31). The number of carbonyl (C=O) groups is 2. The second kappa shape index (κ2) is 9.23. The fraction of sp³-hybridized carbons (Fsp3) is 0.292. The second-order valence-corrected chi connectivity index (χ2v) is 8.64. The van der Waals surface area contributed by atoms with E-state index in [4.69, 9.17) is 16.3 Å². The highest BCUT2D eigenvalue weighted by molar-refractivity contribution is 6.31. The highest BCUT2D eigenvalue weighted by Crippen LogP contribution is 2.40. The van der Waals surface area contributed by atoms with Crippen molar-refractivity contribution in [2.45, 2.75) is 33.0 Å². The molecule has 172 valence electrons. The Morgan fingerprint density at radius 1 is 1.27 bits per heavy atom. The summed E-state index contributed by atoms with van der Waals surface area (Å²) in [5.74, 6) is -0.626. The number of aryl methyl sites for hydroxylation is 1. The maximum Gasteiger partial charge on any atom is 0.275 e. The van der Waals surface area contributed by atoms with E-state index in [-0.39, 0.29) is 37.3 Å². The quantitative estimate of drug-likeness (QED) is 0.592. The molecule has 33 heavy (non-hydrogen) atoms. The molecule has 0 fully saturated rings. The van der Waals surface area contributed by atoms with Crippen LogP contribution in [0.4, 0.5) is 4.39 Å². The molecule has 2 heterocycles. The third kappa shape index (κ3) is 4.71. The maximum absolute atomic E-state index is 14.4. The molecule has 7 nitrogen and oxygen atoms in total. The largest absolute Gasteiger partial charge is 0.488 e. The molecule has 1 N–H and O–H groups in total. The number of benzene rings is 2. The molecule has 1 aliphatic rings. The van der Waals surface area contributed by atoms with Gasteiger partial charge < -0.3 is 15.0 Å². The van der Waals surface area contributed by atoms with Gasteiger partial charge in [0.15, 0.2) is 5.69 Å². The molecule has 9 heteroatoms. The van der Waals surface area contributed by atoms with Crippen LogP contribution in [0.5, 0.6) is 5.75 Å². The van der Waals surface area contributed by atoms with Gasteiger partial charge in [-0.3, -0.25) is 14.3 Å². The van der Waals surface area contributed by atoms with Gasteiger partial charge in [0, 0.05) is 41.3 Å². The van der Waals surface area contributed by atoms with Crippen molar-refractivity contribution in [3.05, 3.63) is 70.1 Å². The molecule has 3 aromatic rings. The van der Waals surface area contributed by atoms with Crippen LogP contribution in [-0.2, 0) is 25.0 Å². The highest BCUT2D eigenvalue weighted by Gasteiger charge is 2.32. The first kappa shape index (κ1) is 22.8. The Morgan fingerprint density at radius 3 is 2.76 bits per heavy atom. The van der Waals surface area contributed by atoms with Crippen molar-refractivity contribution in [1.29, 1.82) is 0 Å². The lowest BCUT2D eigenvalue weighted by Crippen LogP contribution is -2.43. The van der Waals surface area contributed by atoms with Crippen LogP contribution in [0.15, 0.2) is 42.5 Å². The Hall–Kier alpha value is -3.39. The predicted molar refractivity (Wildman–Crippen MR) is 122 cm³/mol. The summed E-state index contributed by atoms with van der Waals surface area (Å²) in [7, 11) is 1.73. The van der Waals surface area contributed by atoms with Crippen molar-refractivity contribution in [1.82, 2.24) is 20.0 Å². The van der Waals surface area contributed by atoms with Crippen molar-refractivity contribution >= 4 is 23.4 Å². The molecule has 0 saturated carbocycles. The van der Waals surface area contributed by atoms with E-state index in [0.717, 1.165) is 11.3 Å². The van der Waals surface area contributed by atoms with Gasteiger partial charge in [-0.1, -0.05) is 29.8 Å². The number of nitrogens with zero attached hydrogens (tertiary/aromatic N) is 3. The lowest BCUT2D eigenvalue weighted by atomic mass is 10.0. The van der Waals surface area contributed by atoms with Crippen LogP contribution in [0.1, 0.15) is 35.5 Å². The van der Waals surface area contributed by atoms with Crippen LogP contribution >= 0.6 is 11.6 Å². The van der Waals surface area contributed by atoms with E-state index in [1.54, 1.807) is 48.1 Å². The first-order valence-electron chi connectivity index (χ1n) is 10.5. The minimum absolute atomic E-state index is 0.0777. The van der Waals surface area contributed by atoms with Gasteiger partial charge in [-0.2, -0.15) is 5.10 Å². The molecule has 0 atom stereocenters. The minimum Gasteiger partial charge on any atom is -0.488 e. The Morgan fingerprint density at radius 2 is 2.03 bits per heavy atom. The molecular weight excluding hydrogens is 447 g/mol. The fourth-order valence-electron chi connectivity index (χ4n) is 3.90. The molecular formula is C24H24ClFN4O3. The van der Waals surface area contributed by atoms with Crippen LogP contribution in [0.25, 0.3) is 11.3 Å². The normalized spacial score (nSPS) is 12.1. The average molecular weight is 471 g/mol. The van der Waals surface area contributed by atoms with Crippen LogP contribution in [0.2, 0.25) is 5.02 Å². The number of hydrogen-bond donors (Lipinski definition) is 1. The molecule has 0 unspecified atom stereocenters. The lowest BCUT2D eigenvalue weighted by Gasteiger charge is -2.24. The van der Waals surface area contributed by atoms with E-state index in [0.29, 0.717) is 21.9 Å². The smallest absolute Gasteiger partial charge is 0.275 e. The molecule has 2 aromatic carbocycles. The van der Waals surface area contributed by atoms with Gasteiger partial charge >= 0.3 is 0 Å². The monoisotopic (exact) mass is 470 g/mol. The maximum atomic E-state index is 14.4. The van der Waals surface area contributed by atoms with Crippen LogP contribution in [-0.4, -0.2) is 39.1 Å².